The van der Waals surface area contributed by atoms with Crippen molar-refractivity contribution in [2.24, 2.45) is 11.8 Å². The summed E-state index contributed by atoms with van der Waals surface area (Å²) < 4.78 is 16.2. The normalized spacial score (nSPS) is 25.0. The molecule has 1 N–H and O–H groups in total. The number of aliphatic hydroxyl groups excluding tert-OH is 1. The average molecular weight is 539 g/mol. The van der Waals surface area contributed by atoms with Crippen LogP contribution in [0.1, 0.15) is 39.2 Å². The Morgan fingerprint density at radius 3 is 2.38 bits per heavy atom. The van der Waals surface area contributed by atoms with Crippen LogP contribution in [0.15, 0.2) is 54.6 Å². The molecule has 0 aromatic heterocycles. The Labute approximate surface area is 229 Å². The largest absolute Gasteiger partial charge is 0.497 e. The highest BCUT2D eigenvalue weighted by Crippen LogP contribution is 2.39. The van der Waals surface area contributed by atoms with Crippen molar-refractivity contribution >= 4 is 23.7 Å². The second-order valence-electron chi connectivity index (χ2n) is 10.6. The standard InChI is InChI=1S/C30H38N2O7/c1-19(2)39-29(35)28-26(17-33)20(3)14-23(31(28)22-10-12-25(37-4)13-11-22)16-27(34)32-24(18-38-30(32)36)15-21-8-6-5-7-9-21/h5-13,19-20,23-24,26,28,33H,14-18H2,1-4H3/t20-,23+,24-,26-,28-/m0/s1. The fourth-order valence-corrected chi connectivity index (χ4v) is 5.74. The quantitative estimate of drug-likeness (QED) is 0.481. The minimum absolute atomic E-state index is 0.000363. The number of imide groups is 1. The fraction of sp³-hybridized carbons (Fsp3) is 0.500. The lowest BCUT2D eigenvalue weighted by Gasteiger charge is -2.49. The summed E-state index contributed by atoms with van der Waals surface area (Å²) in [6, 6.07) is 15.3. The van der Waals surface area contributed by atoms with Crippen molar-refractivity contribution in [3.05, 3.63) is 60.2 Å². The second-order valence-corrected chi connectivity index (χ2v) is 10.6. The van der Waals surface area contributed by atoms with Crippen LogP contribution in [0.25, 0.3) is 0 Å². The van der Waals surface area contributed by atoms with Gasteiger partial charge in [-0.25, -0.2) is 14.5 Å². The van der Waals surface area contributed by atoms with Crippen molar-refractivity contribution in [3.63, 3.8) is 0 Å². The highest BCUT2D eigenvalue weighted by Gasteiger charge is 2.48. The van der Waals surface area contributed by atoms with E-state index in [0.717, 1.165) is 5.56 Å². The molecule has 2 aliphatic rings. The molecule has 5 atom stereocenters. The molecule has 4 rings (SSSR count). The molecule has 39 heavy (non-hydrogen) atoms. The Kier molecular flexibility index (Phi) is 9.12. The van der Waals surface area contributed by atoms with Crippen LogP contribution in [0.3, 0.4) is 0 Å². The first-order valence-electron chi connectivity index (χ1n) is 13.5. The summed E-state index contributed by atoms with van der Waals surface area (Å²) in [4.78, 5) is 43.0. The molecule has 0 bridgehead atoms. The maximum Gasteiger partial charge on any atom is 0.416 e. The van der Waals surface area contributed by atoms with Crippen molar-refractivity contribution in [3.8, 4) is 5.75 Å². The second kappa shape index (κ2) is 12.5. The third-order valence-corrected chi connectivity index (χ3v) is 7.60. The maximum absolute atomic E-state index is 13.7. The first-order valence-corrected chi connectivity index (χ1v) is 13.5. The molecule has 2 saturated heterocycles. The molecular weight excluding hydrogens is 500 g/mol. The van der Waals surface area contributed by atoms with Crippen LogP contribution in [0, 0.1) is 11.8 Å². The minimum Gasteiger partial charge on any atom is -0.497 e. The average Bonchev–Trinajstić information content (AvgIpc) is 3.28. The number of carbonyl (C=O) groups is 3. The lowest BCUT2D eigenvalue weighted by molar-refractivity contribution is -0.153. The first-order chi connectivity index (χ1) is 18.7. The van der Waals surface area contributed by atoms with E-state index in [1.54, 1.807) is 33.1 Å². The molecule has 2 fully saturated rings. The van der Waals surface area contributed by atoms with E-state index in [0.29, 0.717) is 24.3 Å². The molecule has 0 spiro atoms. The van der Waals surface area contributed by atoms with Gasteiger partial charge in [0, 0.05) is 30.7 Å². The van der Waals surface area contributed by atoms with Crippen LogP contribution in [-0.2, 0) is 25.5 Å². The van der Waals surface area contributed by atoms with Gasteiger partial charge in [-0.05, 0) is 62.4 Å². The molecule has 2 heterocycles. The topological polar surface area (TPSA) is 106 Å². The van der Waals surface area contributed by atoms with E-state index >= 15 is 0 Å². The monoisotopic (exact) mass is 538 g/mol. The van der Waals surface area contributed by atoms with Crippen molar-refractivity contribution < 1.29 is 33.7 Å². The number of hydrogen-bond acceptors (Lipinski definition) is 8. The Morgan fingerprint density at radius 2 is 1.77 bits per heavy atom. The van der Waals surface area contributed by atoms with E-state index in [-0.39, 0.29) is 37.6 Å². The van der Waals surface area contributed by atoms with E-state index < -0.39 is 36.1 Å². The summed E-state index contributed by atoms with van der Waals surface area (Å²) in [5, 5.41) is 10.3. The van der Waals surface area contributed by atoms with Crippen molar-refractivity contribution in [1.29, 1.82) is 0 Å². The van der Waals surface area contributed by atoms with E-state index in [2.05, 4.69) is 0 Å². The number of hydrogen-bond donors (Lipinski definition) is 1. The number of cyclic esters (lactones) is 1. The van der Waals surface area contributed by atoms with Crippen LogP contribution >= 0.6 is 0 Å². The first kappa shape index (κ1) is 28.4. The van der Waals surface area contributed by atoms with Gasteiger partial charge < -0.3 is 24.2 Å². The summed E-state index contributed by atoms with van der Waals surface area (Å²) in [6.45, 7) is 5.47. The van der Waals surface area contributed by atoms with Crippen LogP contribution in [0.2, 0.25) is 0 Å². The van der Waals surface area contributed by atoms with Crippen LogP contribution in [0.5, 0.6) is 5.75 Å². The zero-order valence-corrected chi connectivity index (χ0v) is 23.0. The smallest absolute Gasteiger partial charge is 0.416 e. The maximum atomic E-state index is 13.7. The number of rotatable bonds is 9. The van der Waals surface area contributed by atoms with E-state index in [1.807, 2.05) is 54.3 Å². The Bertz CT molecular complexity index is 1140. The van der Waals surface area contributed by atoms with Gasteiger partial charge in [-0.15, -0.1) is 0 Å². The molecule has 2 aromatic rings. The number of aliphatic hydroxyl groups is 1. The van der Waals surface area contributed by atoms with Gasteiger partial charge in [0.25, 0.3) is 0 Å². The van der Waals surface area contributed by atoms with Crippen molar-refractivity contribution in [2.45, 2.75) is 64.3 Å². The Morgan fingerprint density at radius 1 is 1.08 bits per heavy atom. The Balaban J connectivity index is 1.65. The predicted molar refractivity (Wildman–Crippen MR) is 145 cm³/mol. The number of piperidine rings is 1. The molecule has 0 unspecified atom stereocenters. The van der Waals surface area contributed by atoms with Gasteiger partial charge in [0.2, 0.25) is 5.91 Å². The molecule has 2 aromatic carbocycles. The fourth-order valence-electron chi connectivity index (χ4n) is 5.74. The molecule has 2 aliphatic heterocycles. The summed E-state index contributed by atoms with van der Waals surface area (Å²) in [5.41, 5.74) is 1.71. The number of anilines is 1. The molecule has 9 nitrogen and oxygen atoms in total. The summed E-state index contributed by atoms with van der Waals surface area (Å²) >= 11 is 0. The van der Waals surface area contributed by atoms with Gasteiger partial charge in [-0.1, -0.05) is 37.3 Å². The van der Waals surface area contributed by atoms with Gasteiger partial charge in [-0.3, -0.25) is 4.79 Å². The third kappa shape index (κ3) is 6.36. The molecule has 0 saturated carbocycles. The number of ether oxygens (including phenoxy) is 3. The van der Waals surface area contributed by atoms with Gasteiger partial charge in [0.05, 0.1) is 19.3 Å². The van der Waals surface area contributed by atoms with Crippen LogP contribution < -0.4 is 9.64 Å². The number of amides is 2. The van der Waals surface area contributed by atoms with Gasteiger partial charge in [0.15, 0.2) is 0 Å². The van der Waals surface area contributed by atoms with Crippen molar-refractivity contribution in [1.82, 2.24) is 4.90 Å². The molecular formula is C30H38N2O7. The van der Waals surface area contributed by atoms with Crippen LogP contribution in [-0.4, -0.2) is 72.5 Å². The predicted octanol–water partition coefficient (Wildman–Crippen LogP) is 3.82. The minimum atomic E-state index is -0.807. The lowest BCUT2D eigenvalue weighted by Crippen LogP contribution is -2.60. The summed E-state index contributed by atoms with van der Waals surface area (Å²) in [7, 11) is 1.57. The Hall–Kier alpha value is -3.59. The molecule has 9 heteroatoms. The number of carbonyl (C=O) groups excluding carboxylic acids is 3. The highest BCUT2D eigenvalue weighted by molar-refractivity contribution is 5.94. The number of methoxy groups -OCH3 is 1. The number of benzene rings is 2. The van der Waals surface area contributed by atoms with Crippen LogP contribution in [0.4, 0.5) is 10.5 Å². The van der Waals surface area contributed by atoms with E-state index in [4.69, 9.17) is 14.2 Å². The molecule has 210 valence electrons. The summed E-state index contributed by atoms with van der Waals surface area (Å²) in [6.07, 6.45) is 0.0493. The molecule has 0 radical (unpaired) electrons. The number of esters is 1. The van der Waals surface area contributed by atoms with Gasteiger partial charge in [-0.2, -0.15) is 0 Å². The van der Waals surface area contributed by atoms with Crippen molar-refractivity contribution in [2.75, 3.05) is 25.2 Å². The molecule has 0 aliphatic carbocycles. The zero-order valence-electron chi connectivity index (χ0n) is 23.0. The number of nitrogens with zero attached hydrogens (tertiary/aromatic N) is 2. The third-order valence-electron chi connectivity index (χ3n) is 7.60. The highest BCUT2D eigenvalue weighted by atomic mass is 16.6. The SMILES string of the molecule is COc1ccc(N2[C@@H](CC(=O)N3C(=O)OC[C@@H]3Cc3ccccc3)C[C@H](C)[C@H](CO)[C@H]2C(=O)OC(C)C)cc1. The van der Waals surface area contributed by atoms with Gasteiger partial charge in [0.1, 0.15) is 18.4 Å². The molecule has 2 amide bonds. The van der Waals surface area contributed by atoms with Gasteiger partial charge >= 0.3 is 12.1 Å². The van der Waals surface area contributed by atoms with E-state index in [9.17, 15) is 19.5 Å². The zero-order chi connectivity index (χ0) is 28.1. The lowest BCUT2D eigenvalue weighted by atomic mass is 9.76. The summed E-state index contributed by atoms with van der Waals surface area (Å²) in [5.74, 6) is -0.621. The van der Waals surface area contributed by atoms with E-state index in [1.165, 1.54) is 4.90 Å².